The molecule has 2 unspecified atom stereocenters. The topological polar surface area (TPSA) is 21.3 Å². The molecule has 1 heterocycles. The molecule has 0 spiro atoms. The molecule has 1 aliphatic rings. The minimum absolute atomic E-state index is 0.341. The minimum atomic E-state index is 0.341. The van der Waals surface area contributed by atoms with Crippen LogP contribution in [0.25, 0.3) is 0 Å². The summed E-state index contributed by atoms with van der Waals surface area (Å²) in [4.78, 5) is 0. The number of rotatable bonds is 3. The second-order valence-corrected chi connectivity index (χ2v) is 4.77. The summed E-state index contributed by atoms with van der Waals surface area (Å²) in [5.74, 6) is 0. The van der Waals surface area contributed by atoms with Gasteiger partial charge in [-0.05, 0) is 32.8 Å². The van der Waals surface area contributed by atoms with E-state index >= 15 is 0 Å². The molecule has 88 valence electrons. The van der Waals surface area contributed by atoms with Crippen LogP contribution in [0.15, 0.2) is 24.3 Å². The van der Waals surface area contributed by atoms with Crippen LogP contribution in [0, 0.1) is 6.92 Å². The number of nitrogens with one attached hydrogen (secondary N) is 1. The molecule has 2 rings (SSSR count). The fourth-order valence-electron chi connectivity index (χ4n) is 2.22. The van der Waals surface area contributed by atoms with Gasteiger partial charge in [-0.25, -0.2) is 0 Å². The summed E-state index contributed by atoms with van der Waals surface area (Å²) in [6.07, 6.45) is 1.46. The van der Waals surface area contributed by atoms with Crippen LogP contribution >= 0.6 is 0 Å². The first-order valence-electron chi connectivity index (χ1n) is 6.11. The quantitative estimate of drug-likeness (QED) is 0.844. The van der Waals surface area contributed by atoms with Crippen LogP contribution in [-0.4, -0.2) is 18.8 Å². The summed E-state index contributed by atoms with van der Waals surface area (Å²) in [5, 5.41) is 3.64. The van der Waals surface area contributed by atoms with E-state index in [4.69, 9.17) is 4.74 Å². The fourth-order valence-corrected chi connectivity index (χ4v) is 2.22. The lowest BCUT2D eigenvalue weighted by molar-refractivity contribution is 0.111. The normalized spacial score (nSPS) is 26.9. The average Bonchev–Trinajstić information content (AvgIpc) is 2.65. The number of hydrogen-bond acceptors (Lipinski definition) is 2. The average molecular weight is 219 g/mol. The van der Waals surface area contributed by atoms with Gasteiger partial charge in [-0.2, -0.15) is 0 Å². The molecule has 1 saturated heterocycles. The van der Waals surface area contributed by atoms with Gasteiger partial charge < -0.3 is 10.1 Å². The number of ether oxygens (including phenoxy) is 1. The van der Waals surface area contributed by atoms with Gasteiger partial charge in [-0.15, -0.1) is 0 Å². The van der Waals surface area contributed by atoms with Gasteiger partial charge in [0.15, 0.2) is 0 Å². The molecular formula is C14H21NO. The van der Waals surface area contributed by atoms with Crippen LogP contribution < -0.4 is 5.32 Å². The predicted molar refractivity (Wildman–Crippen MR) is 66.5 cm³/mol. The van der Waals surface area contributed by atoms with Crippen molar-refractivity contribution in [1.29, 1.82) is 0 Å². The van der Waals surface area contributed by atoms with E-state index in [-0.39, 0.29) is 0 Å². The summed E-state index contributed by atoms with van der Waals surface area (Å²) in [7, 11) is 0. The van der Waals surface area contributed by atoms with Crippen molar-refractivity contribution in [3.8, 4) is 0 Å². The number of aryl methyl sites for hydroxylation is 1. The molecule has 0 saturated carbocycles. The van der Waals surface area contributed by atoms with Gasteiger partial charge in [0.1, 0.15) is 0 Å². The molecule has 0 amide bonds. The highest BCUT2D eigenvalue weighted by Gasteiger charge is 2.25. The van der Waals surface area contributed by atoms with E-state index in [0.717, 1.165) is 13.0 Å². The first kappa shape index (κ1) is 11.6. The lowest BCUT2D eigenvalue weighted by Crippen LogP contribution is -2.36. The first-order valence-corrected chi connectivity index (χ1v) is 6.11. The molecule has 1 aromatic carbocycles. The van der Waals surface area contributed by atoms with Gasteiger partial charge in [0, 0.05) is 18.7 Å². The van der Waals surface area contributed by atoms with Crippen molar-refractivity contribution in [2.75, 3.05) is 6.61 Å². The maximum atomic E-state index is 5.56. The van der Waals surface area contributed by atoms with E-state index in [2.05, 4.69) is 50.4 Å². The van der Waals surface area contributed by atoms with E-state index < -0.39 is 0 Å². The zero-order valence-corrected chi connectivity index (χ0v) is 10.4. The summed E-state index contributed by atoms with van der Waals surface area (Å²) in [6.45, 7) is 7.37. The van der Waals surface area contributed by atoms with E-state index in [1.165, 1.54) is 11.1 Å². The van der Waals surface area contributed by atoms with Crippen molar-refractivity contribution in [2.45, 2.75) is 45.4 Å². The molecule has 3 atom stereocenters. The van der Waals surface area contributed by atoms with Crippen molar-refractivity contribution in [3.63, 3.8) is 0 Å². The Kier molecular flexibility index (Phi) is 3.62. The van der Waals surface area contributed by atoms with Crippen molar-refractivity contribution >= 4 is 0 Å². The summed E-state index contributed by atoms with van der Waals surface area (Å²) in [5.41, 5.74) is 2.67. The van der Waals surface area contributed by atoms with Crippen LogP contribution in [0.4, 0.5) is 0 Å². The van der Waals surface area contributed by atoms with Crippen molar-refractivity contribution in [2.24, 2.45) is 0 Å². The molecule has 2 nitrogen and oxygen atoms in total. The third kappa shape index (κ3) is 2.63. The van der Waals surface area contributed by atoms with Crippen LogP contribution in [0.1, 0.15) is 37.4 Å². The third-order valence-electron chi connectivity index (χ3n) is 3.42. The molecule has 0 aliphatic carbocycles. The Morgan fingerprint density at radius 3 is 2.56 bits per heavy atom. The Bertz CT molecular complexity index is 333. The zero-order chi connectivity index (χ0) is 11.5. The molecule has 0 bridgehead atoms. The second kappa shape index (κ2) is 4.98. The van der Waals surface area contributed by atoms with Gasteiger partial charge in [0.05, 0.1) is 6.10 Å². The van der Waals surface area contributed by atoms with Gasteiger partial charge >= 0.3 is 0 Å². The Balaban J connectivity index is 1.97. The van der Waals surface area contributed by atoms with Crippen molar-refractivity contribution in [1.82, 2.24) is 5.32 Å². The second-order valence-electron chi connectivity index (χ2n) is 4.77. The maximum absolute atomic E-state index is 5.56. The highest BCUT2D eigenvalue weighted by molar-refractivity contribution is 5.23. The summed E-state index contributed by atoms with van der Waals surface area (Å²) < 4.78 is 5.56. The summed E-state index contributed by atoms with van der Waals surface area (Å²) >= 11 is 0. The Morgan fingerprint density at radius 2 is 2.00 bits per heavy atom. The Morgan fingerprint density at radius 1 is 1.31 bits per heavy atom. The van der Waals surface area contributed by atoms with Gasteiger partial charge in [0.2, 0.25) is 0 Å². The molecule has 0 aromatic heterocycles. The molecule has 1 aliphatic heterocycles. The highest BCUT2D eigenvalue weighted by Crippen LogP contribution is 2.19. The van der Waals surface area contributed by atoms with Crippen LogP contribution in [0.2, 0.25) is 0 Å². The summed E-state index contributed by atoms with van der Waals surface area (Å²) in [6, 6.07) is 9.64. The highest BCUT2D eigenvalue weighted by atomic mass is 16.5. The molecule has 16 heavy (non-hydrogen) atoms. The molecular weight excluding hydrogens is 198 g/mol. The number of hydrogen-bond donors (Lipinski definition) is 1. The lowest BCUT2D eigenvalue weighted by Gasteiger charge is -2.22. The SMILES string of the molecule is Cc1ccc([C@H](C)NC2CCOC2C)cc1. The molecule has 1 fully saturated rings. The Labute approximate surface area is 98.0 Å². The minimum Gasteiger partial charge on any atom is -0.377 e. The van der Waals surface area contributed by atoms with Gasteiger partial charge in [0.25, 0.3) is 0 Å². The lowest BCUT2D eigenvalue weighted by atomic mass is 10.0. The van der Waals surface area contributed by atoms with Crippen LogP contribution in [0.5, 0.6) is 0 Å². The van der Waals surface area contributed by atoms with E-state index in [0.29, 0.717) is 18.2 Å². The van der Waals surface area contributed by atoms with Crippen molar-refractivity contribution in [3.05, 3.63) is 35.4 Å². The first-order chi connectivity index (χ1) is 7.66. The fraction of sp³-hybridized carbons (Fsp3) is 0.571. The molecule has 1 aromatic rings. The third-order valence-corrected chi connectivity index (χ3v) is 3.42. The monoisotopic (exact) mass is 219 g/mol. The standard InChI is InChI=1S/C14H21NO/c1-10-4-6-13(7-5-10)11(2)15-14-8-9-16-12(14)3/h4-7,11-12,14-15H,8-9H2,1-3H3/t11-,12?,14?/m0/s1. The van der Waals surface area contributed by atoms with Crippen LogP contribution in [0.3, 0.4) is 0 Å². The van der Waals surface area contributed by atoms with E-state index in [9.17, 15) is 0 Å². The largest absolute Gasteiger partial charge is 0.377 e. The molecule has 2 heteroatoms. The van der Waals surface area contributed by atoms with E-state index in [1.54, 1.807) is 0 Å². The maximum Gasteiger partial charge on any atom is 0.0700 e. The Hall–Kier alpha value is -0.860. The molecule has 0 radical (unpaired) electrons. The van der Waals surface area contributed by atoms with Crippen LogP contribution in [-0.2, 0) is 4.74 Å². The van der Waals surface area contributed by atoms with Gasteiger partial charge in [-0.3, -0.25) is 0 Å². The molecule has 1 N–H and O–H groups in total. The number of benzene rings is 1. The van der Waals surface area contributed by atoms with Gasteiger partial charge in [-0.1, -0.05) is 29.8 Å². The zero-order valence-electron chi connectivity index (χ0n) is 10.4. The van der Waals surface area contributed by atoms with Crippen molar-refractivity contribution < 1.29 is 4.74 Å². The van der Waals surface area contributed by atoms with E-state index in [1.807, 2.05) is 0 Å². The smallest absolute Gasteiger partial charge is 0.0700 e. The predicted octanol–water partition coefficient (Wildman–Crippen LogP) is 2.82.